The van der Waals surface area contributed by atoms with Crippen molar-refractivity contribution in [2.75, 3.05) is 20.6 Å². The Kier molecular flexibility index (Phi) is 5.67. The summed E-state index contributed by atoms with van der Waals surface area (Å²) in [6.07, 6.45) is 5.52. The summed E-state index contributed by atoms with van der Waals surface area (Å²) in [5.41, 5.74) is 0. The number of rotatable bonds is 5. The molecule has 0 aromatic carbocycles. The van der Waals surface area contributed by atoms with Crippen molar-refractivity contribution in [2.45, 2.75) is 38.3 Å². The number of hydrogen-bond donors (Lipinski definition) is 1. The molecule has 2 unspecified atom stereocenters. The van der Waals surface area contributed by atoms with E-state index in [0.29, 0.717) is 0 Å². The van der Waals surface area contributed by atoms with Gasteiger partial charge in [0.2, 0.25) is 0 Å². The number of nitrogens with zero attached hydrogens (tertiary/aromatic N) is 1. The average Bonchev–Trinajstić information content (AvgIpc) is 2.75. The molecule has 0 spiro atoms. The molecule has 0 bridgehead atoms. The Labute approximate surface area is 123 Å². The third kappa shape index (κ3) is 4.05. The first-order valence-electron chi connectivity index (χ1n) is 6.77. The van der Waals surface area contributed by atoms with Gasteiger partial charge >= 0.3 is 0 Å². The third-order valence-electron chi connectivity index (χ3n) is 3.87. The third-order valence-corrected chi connectivity index (χ3v) is 5.56. The van der Waals surface area contributed by atoms with E-state index in [9.17, 15) is 0 Å². The molecule has 1 N–H and O–H groups in total. The summed E-state index contributed by atoms with van der Waals surface area (Å²) in [4.78, 5) is 3.92. The standard InChI is InChI=1S/C14H23BrN2S/c1-16-14-6-4-3-5-11(14)8-17(2)9-13-7-12(15)10-18-13/h7,10-11,14,16H,3-6,8-9H2,1-2H3. The maximum absolute atomic E-state index is 3.52. The van der Waals surface area contributed by atoms with Crippen LogP contribution in [-0.2, 0) is 6.54 Å². The van der Waals surface area contributed by atoms with E-state index in [1.807, 2.05) is 11.3 Å². The van der Waals surface area contributed by atoms with Gasteiger partial charge in [-0.25, -0.2) is 0 Å². The first-order chi connectivity index (χ1) is 8.69. The molecular weight excluding hydrogens is 308 g/mol. The summed E-state index contributed by atoms with van der Waals surface area (Å²) < 4.78 is 1.21. The van der Waals surface area contributed by atoms with Gasteiger partial charge in [-0.05, 0) is 54.9 Å². The van der Waals surface area contributed by atoms with Gasteiger partial charge in [-0.3, -0.25) is 0 Å². The van der Waals surface area contributed by atoms with Crippen molar-refractivity contribution in [1.29, 1.82) is 0 Å². The van der Waals surface area contributed by atoms with Crippen molar-refractivity contribution in [1.82, 2.24) is 10.2 Å². The van der Waals surface area contributed by atoms with E-state index in [4.69, 9.17) is 0 Å². The van der Waals surface area contributed by atoms with E-state index in [1.165, 1.54) is 41.6 Å². The summed E-state index contributed by atoms with van der Waals surface area (Å²) in [5.74, 6) is 0.817. The predicted molar refractivity (Wildman–Crippen MR) is 83.2 cm³/mol. The molecule has 1 aromatic heterocycles. The lowest BCUT2D eigenvalue weighted by atomic mass is 9.84. The number of hydrogen-bond acceptors (Lipinski definition) is 3. The smallest absolute Gasteiger partial charge is 0.0325 e. The van der Waals surface area contributed by atoms with E-state index in [1.54, 1.807) is 0 Å². The highest BCUT2D eigenvalue weighted by molar-refractivity contribution is 9.10. The maximum atomic E-state index is 3.52. The quantitative estimate of drug-likeness (QED) is 0.885. The number of nitrogens with one attached hydrogen (secondary N) is 1. The lowest BCUT2D eigenvalue weighted by Crippen LogP contribution is -2.41. The molecule has 0 aliphatic heterocycles. The zero-order chi connectivity index (χ0) is 13.0. The van der Waals surface area contributed by atoms with Crippen LogP contribution >= 0.6 is 27.3 Å². The monoisotopic (exact) mass is 330 g/mol. The number of thiophene rings is 1. The van der Waals surface area contributed by atoms with Gasteiger partial charge in [0.15, 0.2) is 0 Å². The van der Waals surface area contributed by atoms with Crippen molar-refractivity contribution in [3.05, 3.63) is 20.8 Å². The van der Waals surface area contributed by atoms with Gasteiger partial charge in [0.25, 0.3) is 0 Å². The minimum absolute atomic E-state index is 0.719. The SMILES string of the molecule is CNC1CCCCC1CN(C)Cc1cc(Br)cs1. The minimum atomic E-state index is 0.719. The lowest BCUT2D eigenvalue weighted by Gasteiger charge is -2.34. The Morgan fingerprint density at radius 1 is 1.44 bits per heavy atom. The van der Waals surface area contributed by atoms with E-state index in [-0.39, 0.29) is 0 Å². The zero-order valence-electron chi connectivity index (χ0n) is 11.3. The van der Waals surface area contributed by atoms with Crippen LogP contribution in [0.4, 0.5) is 0 Å². The Bertz CT molecular complexity index is 366. The van der Waals surface area contributed by atoms with Crippen LogP contribution in [0.15, 0.2) is 15.9 Å². The fourth-order valence-electron chi connectivity index (χ4n) is 2.97. The average molecular weight is 331 g/mol. The molecule has 0 saturated heterocycles. The fourth-order valence-corrected chi connectivity index (χ4v) is 4.50. The van der Waals surface area contributed by atoms with Crippen LogP contribution in [0, 0.1) is 5.92 Å². The molecule has 4 heteroatoms. The number of halogens is 1. The van der Waals surface area contributed by atoms with Crippen molar-refractivity contribution in [3.8, 4) is 0 Å². The molecule has 1 aliphatic carbocycles. The summed E-state index contributed by atoms with van der Waals surface area (Å²) in [6, 6.07) is 2.95. The molecule has 0 radical (unpaired) electrons. The summed E-state index contributed by atoms with van der Waals surface area (Å²) in [6.45, 7) is 2.28. The second-order valence-electron chi connectivity index (χ2n) is 5.37. The maximum Gasteiger partial charge on any atom is 0.0325 e. The molecule has 1 fully saturated rings. The predicted octanol–water partition coefficient (Wildman–Crippen LogP) is 3.72. The summed E-state index contributed by atoms with van der Waals surface area (Å²) >= 11 is 5.37. The van der Waals surface area contributed by atoms with E-state index < -0.39 is 0 Å². The van der Waals surface area contributed by atoms with Crippen LogP contribution in [0.25, 0.3) is 0 Å². The van der Waals surface area contributed by atoms with Crippen molar-refractivity contribution < 1.29 is 0 Å². The van der Waals surface area contributed by atoms with Gasteiger partial charge < -0.3 is 10.2 Å². The van der Waals surface area contributed by atoms with Gasteiger partial charge in [0, 0.05) is 33.9 Å². The van der Waals surface area contributed by atoms with Crippen molar-refractivity contribution in [2.24, 2.45) is 5.92 Å². The molecule has 2 nitrogen and oxygen atoms in total. The lowest BCUT2D eigenvalue weighted by molar-refractivity contribution is 0.191. The molecule has 1 aromatic rings. The van der Waals surface area contributed by atoms with Gasteiger partial charge in [0.1, 0.15) is 0 Å². The minimum Gasteiger partial charge on any atom is -0.317 e. The zero-order valence-corrected chi connectivity index (χ0v) is 13.7. The van der Waals surface area contributed by atoms with E-state index in [2.05, 4.69) is 51.7 Å². The van der Waals surface area contributed by atoms with Crippen LogP contribution in [0.2, 0.25) is 0 Å². The van der Waals surface area contributed by atoms with Gasteiger partial charge in [-0.2, -0.15) is 0 Å². The van der Waals surface area contributed by atoms with Crippen molar-refractivity contribution in [3.63, 3.8) is 0 Å². The van der Waals surface area contributed by atoms with Crippen molar-refractivity contribution >= 4 is 27.3 Å². The highest BCUT2D eigenvalue weighted by atomic mass is 79.9. The molecule has 1 saturated carbocycles. The molecule has 102 valence electrons. The van der Waals surface area contributed by atoms with Crippen LogP contribution in [-0.4, -0.2) is 31.6 Å². The molecule has 2 atom stereocenters. The molecule has 1 heterocycles. The first-order valence-corrected chi connectivity index (χ1v) is 8.45. The van der Waals surface area contributed by atoms with E-state index in [0.717, 1.165) is 18.5 Å². The van der Waals surface area contributed by atoms with Gasteiger partial charge in [0.05, 0.1) is 0 Å². The first kappa shape index (κ1) is 14.5. The highest BCUT2D eigenvalue weighted by Crippen LogP contribution is 2.26. The second-order valence-corrected chi connectivity index (χ2v) is 7.28. The Morgan fingerprint density at radius 3 is 2.89 bits per heavy atom. The molecule has 2 rings (SSSR count). The largest absolute Gasteiger partial charge is 0.317 e. The van der Waals surface area contributed by atoms with E-state index >= 15 is 0 Å². The van der Waals surface area contributed by atoms with Gasteiger partial charge in [-0.1, -0.05) is 12.8 Å². The Balaban J connectivity index is 1.84. The van der Waals surface area contributed by atoms with Crippen LogP contribution in [0.1, 0.15) is 30.6 Å². The second kappa shape index (κ2) is 7.04. The topological polar surface area (TPSA) is 15.3 Å². The van der Waals surface area contributed by atoms with Crippen LogP contribution < -0.4 is 5.32 Å². The van der Waals surface area contributed by atoms with Gasteiger partial charge in [-0.15, -0.1) is 11.3 Å². The molecular formula is C14H23BrN2S. The molecule has 18 heavy (non-hydrogen) atoms. The fraction of sp³-hybridized carbons (Fsp3) is 0.714. The summed E-state index contributed by atoms with van der Waals surface area (Å²) in [5, 5.41) is 5.66. The molecule has 0 amide bonds. The molecule has 1 aliphatic rings. The summed E-state index contributed by atoms with van der Waals surface area (Å²) in [7, 11) is 4.36. The van der Waals surface area contributed by atoms with Crippen LogP contribution in [0.5, 0.6) is 0 Å². The highest BCUT2D eigenvalue weighted by Gasteiger charge is 2.24. The Hall–Kier alpha value is 0.1000. The Morgan fingerprint density at radius 2 is 2.22 bits per heavy atom. The van der Waals surface area contributed by atoms with Crippen LogP contribution in [0.3, 0.4) is 0 Å². The normalized spacial score (nSPS) is 24.7.